The van der Waals surface area contributed by atoms with E-state index in [2.05, 4.69) is 22.5 Å². The van der Waals surface area contributed by atoms with E-state index in [1.54, 1.807) is 0 Å². The number of hydrogen-bond acceptors (Lipinski definition) is 3. The number of nitrogens with zero attached hydrogens (tertiary/aromatic N) is 2. The number of halogens is 1. The highest BCUT2D eigenvalue weighted by Gasteiger charge is 2.05. The highest BCUT2D eigenvalue weighted by molar-refractivity contribution is 6.30. The van der Waals surface area contributed by atoms with Crippen LogP contribution in [0.15, 0.2) is 24.5 Å². The second kappa shape index (κ2) is 7.43. The minimum absolute atomic E-state index is 0.0821. The molecule has 5 nitrogen and oxygen atoms in total. The van der Waals surface area contributed by atoms with Gasteiger partial charge in [0.15, 0.2) is 0 Å². The van der Waals surface area contributed by atoms with Gasteiger partial charge in [-0.05, 0) is 25.5 Å². The summed E-state index contributed by atoms with van der Waals surface area (Å²) in [7, 11) is 0. The average molecular weight is 309 g/mol. The van der Waals surface area contributed by atoms with Crippen LogP contribution in [0.5, 0.6) is 0 Å². The maximum atomic E-state index is 11.6. The SMILES string of the molecule is CCC(C)NC(=O)CCNCc1cn2cc(Cl)ccc2n1. The van der Waals surface area contributed by atoms with Crippen molar-refractivity contribution in [1.29, 1.82) is 0 Å². The molecular formula is C15H21ClN4O. The first-order valence-corrected chi connectivity index (χ1v) is 7.59. The van der Waals surface area contributed by atoms with Crippen LogP contribution in [0.25, 0.3) is 5.65 Å². The quantitative estimate of drug-likeness (QED) is 0.772. The lowest BCUT2D eigenvalue weighted by Gasteiger charge is -2.11. The van der Waals surface area contributed by atoms with E-state index in [4.69, 9.17) is 11.6 Å². The summed E-state index contributed by atoms with van der Waals surface area (Å²) in [5.41, 5.74) is 1.80. The summed E-state index contributed by atoms with van der Waals surface area (Å²) in [6.07, 6.45) is 5.19. The van der Waals surface area contributed by atoms with E-state index < -0.39 is 0 Å². The minimum atomic E-state index is 0.0821. The standard InChI is InChI=1S/C15H21ClN4O/c1-3-11(2)18-15(21)6-7-17-8-13-10-20-9-12(16)4-5-14(20)19-13/h4-5,9-11,17H,3,6-8H2,1-2H3,(H,18,21). The Morgan fingerprint density at radius 2 is 2.24 bits per heavy atom. The van der Waals surface area contributed by atoms with Gasteiger partial charge in [-0.1, -0.05) is 18.5 Å². The lowest BCUT2D eigenvalue weighted by Crippen LogP contribution is -2.33. The van der Waals surface area contributed by atoms with E-state index in [0.29, 0.717) is 24.5 Å². The Balaban J connectivity index is 1.76. The molecule has 2 aromatic rings. The minimum Gasteiger partial charge on any atom is -0.354 e. The van der Waals surface area contributed by atoms with Crippen molar-refractivity contribution >= 4 is 23.2 Å². The molecule has 0 spiro atoms. The molecule has 1 atom stereocenters. The molecule has 1 amide bonds. The van der Waals surface area contributed by atoms with Gasteiger partial charge in [-0.2, -0.15) is 0 Å². The maximum Gasteiger partial charge on any atom is 0.221 e. The Morgan fingerprint density at radius 1 is 1.43 bits per heavy atom. The van der Waals surface area contributed by atoms with Crippen LogP contribution in [0.1, 0.15) is 32.4 Å². The number of amides is 1. The third kappa shape index (κ3) is 4.72. The lowest BCUT2D eigenvalue weighted by molar-refractivity contribution is -0.121. The van der Waals surface area contributed by atoms with Gasteiger partial charge < -0.3 is 15.0 Å². The summed E-state index contributed by atoms with van der Waals surface area (Å²) < 4.78 is 1.90. The van der Waals surface area contributed by atoms with Crippen molar-refractivity contribution in [3.05, 3.63) is 35.2 Å². The highest BCUT2D eigenvalue weighted by atomic mass is 35.5. The van der Waals surface area contributed by atoms with Gasteiger partial charge in [0.2, 0.25) is 5.91 Å². The van der Waals surface area contributed by atoms with Crippen molar-refractivity contribution in [2.75, 3.05) is 6.54 Å². The summed E-state index contributed by atoms with van der Waals surface area (Å²) in [5.74, 6) is 0.0821. The topological polar surface area (TPSA) is 58.4 Å². The van der Waals surface area contributed by atoms with E-state index in [0.717, 1.165) is 17.8 Å². The van der Waals surface area contributed by atoms with Crippen LogP contribution in [0.2, 0.25) is 5.02 Å². The smallest absolute Gasteiger partial charge is 0.221 e. The summed E-state index contributed by atoms with van der Waals surface area (Å²) in [4.78, 5) is 16.1. The van der Waals surface area contributed by atoms with E-state index >= 15 is 0 Å². The van der Waals surface area contributed by atoms with Crippen LogP contribution >= 0.6 is 11.6 Å². The number of aromatic nitrogens is 2. The molecule has 114 valence electrons. The first-order valence-electron chi connectivity index (χ1n) is 7.21. The van der Waals surface area contributed by atoms with Crippen LogP contribution < -0.4 is 10.6 Å². The average Bonchev–Trinajstić information content (AvgIpc) is 2.85. The molecule has 0 saturated carbocycles. The third-order valence-corrected chi connectivity index (χ3v) is 3.54. The number of nitrogens with one attached hydrogen (secondary N) is 2. The summed E-state index contributed by atoms with van der Waals surface area (Å²) in [6, 6.07) is 3.94. The second-order valence-electron chi connectivity index (χ2n) is 5.15. The maximum absolute atomic E-state index is 11.6. The Kier molecular flexibility index (Phi) is 5.59. The van der Waals surface area contributed by atoms with E-state index in [1.807, 2.05) is 35.9 Å². The second-order valence-corrected chi connectivity index (χ2v) is 5.59. The fraction of sp³-hybridized carbons (Fsp3) is 0.467. The van der Waals surface area contributed by atoms with Gasteiger partial charge in [-0.25, -0.2) is 4.98 Å². The summed E-state index contributed by atoms with van der Waals surface area (Å²) in [5, 5.41) is 6.85. The van der Waals surface area contributed by atoms with E-state index in [9.17, 15) is 4.79 Å². The van der Waals surface area contributed by atoms with Crippen molar-refractivity contribution in [2.24, 2.45) is 0 Å². The molecule has 2 N–H and O–H groups in total. The van der Waals surface area contributed by atoms with Gasteiger partial charge in [-0.15, -0.1) is 0 Å². The van der Waals surface area contributed by atoms with Gasteiger partial charge in [0.1, 0.15) is 5.65 Å². The van der Waals surface area contributed by atoms with Gasteiger partial charge in [0.05, 0.1) is 10.7 Å². The molecule has 2 aromatic heterocycles. The van der Waals surface area contributed by atoms with Crippen LogP contribution in [-0.2, 0) is 11.3 Å². The molecule has 0 aromatic carbocycles. The third-order valence-electron chi connectivity index (χ3n) is 3.32. The van der Waals surface area contributed by atoms with Crippen molar-refractivity contribution in [2.45, 2.75) is 39.3 Å². The molecule has 1 unspecified atom stereocenters. The molecule has 0 radical (unpaired) electrons. The van der Waals surface area contributed by atoms with Crippen LogP contribution in [0.3, 0.4) is 0 Å². The number of imidazole rings is 1. The monoisotopic (exact) mass is 308 g/mol. The number of hydrogen-bond donors (Lipinski definition) is 2. The van der Waals surface area contributed by atoms with Crippen LogP contribution in [0.4, 0.5) is 0 Å². The zero-order valence-corrected chi connectivity index (χ0v) is 13.2. The van der Waals surface area contributed by atoms with Crippen molar-refractivity contribution in [3.8, 4) is 0 Å². The molecule has 0 aliphatic heterocycles. The highest BCUT2D eigenvalue weighted by Crippen LogP contribution is 2.11. The zero-order valence-electron chi connectivity index (χ0n) is 12.4. The molecule has 2 rings (SSSR count). The molecule has 0 aliphatic carbocycles. The molecule has 21 heavy (non-hydrogen) atoms. The Hall–Kier alpha value is -1.59. The molecule has 0 bridgehead atoms. The number of rotatable bonds is 7. The first kappa shape index (κ1) is 15.8. The molecule has 0 fully saturated rings. The number of fused-ring (bicyclic) bond motifs is 1. The predicted molar refractivity (Wildman–Crippen MR) is 84.4 cm³/mol. The molecule has 0 aliphatic rings. The van der Waals surface area contributed by atoms with Crippen molar-refractivity contribution in [3.63, 3.8) is 0 Å². The molecule has 2 heterocycles. The van der Waals surface area contributed by atoms with E-state index in [-0.39, 0.29) is 11.9 Å². The fourth-order valence-electron chi connectivity index (χ4n) is 1.97. The molecule has 6 heteroatoms. The van der Waals surface area contributed by atoms with Crippen LogP contribution in [-0.4, -0.2) is 27.9 Å². The lowest BCUT2D eigenvalue weighted by atomic mass is 10.2. The largest absolute Gasteiger partial charge is 0.354 e. The van der Waals surface area contributed by atoms with E-state index in [1.165, 1.54) is 0 Å². The predicted octanol–water partition coefficient (Wildman–Crippen LogP) is 2.38. The first-order chi connectivity index (χ1) is 10.1. The van der Waals surface area contributed by atoms with Gasteiger partial charge >= 0.3 is 0 Å². The normalized spacial score (nSPS) is 12.5. The zero-order chi connectivity index (χ0) is 15.2. The Morgan fingerprint density at radius 3 is 3.00 bits per heavy atom. The van der Waals surface area contributed by atoms with Crippen molar-refractivity contribution in [1.82, 2.24) is 20.0 Å². The van der Waals surface area contributed by atoms with Gasteiger partial charge in [0.25, 0.3) is 0 Å². The molecule has 0 saturated heterocycles. The summed E-state index contributed by atoms with van der Waals surface area (Å²) in [6.45, 7) is 5.33. The van der Waals surface area contributed by atoms with Crippen LogP contribution in [0, 0.1) is 0 Å². The fourth-order valence-corrected chi connectivity index (χ4v) is 2.14. The Bertz CT molecular complexity index is 611. The number of carbonyl (C=O) groups is 1. The molecular weight excluding hydrogens is 288 g/mol. The summed E-state index contributed by atoms with van der Waals surface area (Å²) >= 11 is 5.93. The number of carbonyl (C=O) groups excluding carboxylic acids is 1. The van der Waals surface area contributed by atoms with Gasteiger partial charge in [0, 0.05) is 37.9 Å². The number of pyridine rings is 1. The van der Waals surface area contributed by atoms with Crippen molar-refractivity contribution < 1.29 is 4.79 Å². The van der Waals surface area contributed by atoms with Gasteiger partial charge in [-0.3, -0.25) is 4.79 Å². The Labute approximate surface area is 129 Å².